The Hall–Kier alpha value is -0.606. The fourth-order valence-corrected chi connectivity index (χ4v) is 1.53. The molecule has 5 heteroatoms. The van der Waals surface area contributed by atoms with Crippen molar-refractivity contribution >= 4 is 11.8 Å². The number of pyridine rings is 1. The molecule has 0 bridgehead atoms. The molecule has 0 aliphatic rings. The summed E-state index contributed by atoms with van der Waals surface area (Å²) in [5.74, 6) is -0.228. The van der Waals surface area contributed by atoms with Crippen molar-refractivity contribution in [3.8, 4) is 0 Å². The van der Waals surface area contributed by atoms with Gasteiger partial charge in [-0.1, -0.05) is 6.92 Å². The van der Waals surface area contributed by atoms with Gasteiger partial charge in [0.15, 0.2) is 18.2 Å². The number of aromatic nitrogens is 1. The molecule has 1 rings (SSSR count). The minimum atomic E-state index is -0.363. The second-order valence-electron chi connectivity index (χ2n) is 3.76. The molecule has 1 aromatic rings. The molecule has 0 aliphatic carbocycles. The Balaban J connectivity index is 0.00000289. The summed E-state index contributed by atoms with van der Waals surface area (Å²) >= 11 is 0. The smallest absolute Gasteiger partial charge is 0.344 e. The summed E-state index contributed by atoms with van der Waals surface area (Å²) in [6.07, 6.45) is 3.91. The molecule has 0 amide bonds. The quantitative estimate of drug-likeness (QED) is 0.611. The first-order valence-corrected chi connectivity index (χ1v) is 5.80. The average Bonchev–Trinajstić information content (AvgIpc) is 2.37. The minimum Gasteiger partial charge on any atom is -0.462 e. The molecule has 1 unspecified atom stereocenters. The summed E-state index contributed by atoms with van der Waals surface area (Å²) in [5.41, 5.74) is 0.463. The molecule has 95 valence electrons. The molecule has 4 nitrogen and oxygen atoms in total. The zero-order chi connectivity index (χ0) is 12.8. The molecular formula is C13H18NO3Y+. The van der Waals surface area contributed by atoms with Crippen molar-refractivity contribution < 1.29 is 51.6 Å². The number of esters is 1. The first-order valence-electron chi connectivity index (χ1n) is 5.80. The fraction of sp³-hybridized carbons (Fsp3) is 0.462. The first-order chi connectivity index (χ1) is 8.10. The summed E-state index contributed by atoms with van der Waals surface area (Å²) < 4.78 is 6.65. The average molecular weight is 325 g/mol. The van der Waals surface area contributed by atoms with E-state index in [2.05, 4.69) is 0 Å². The maximum Gasteiger partial charge on any atom is 0.344 e. The molecule has 0 spiro atoms. The normalized spacial score (nSPS) is 11.3. The molecule has 0 saturated carbocycles. The number of rotatable bonds is 5. The van der Waals surface area contributed by atoms with Crippen molar-refractivity contribution in [1.82, 2.24) is 0 Å². The van der Waals surface area contributed by atoms with Crippen LogP contribution in [0.25, 0.3) is 0 Å². The van der Waals surface area contributed by atoms with Crippen LogP contribution in [0.15, 0.2) is 24.5 Å². The van der Waals surface area contributed by atoms with E-state index in [-0.39, 0.29) is 50.5 Å². The van der Waals surface area contributed by atoms with Crippen LogP contribution in [-0.4, -0.2) is 18.4 Å². The van der Waals surface area contributed by atoms with E-state index in [1.54, 1.807) is 36.0 Å². The van der Waals surface area contributed by atoms with E-state index in [0.29, 0.717) is 18.6 Å². The molecule has 0 N–H and O–H groups in total. The van der Waals surface area contributed by atoms with Crippen LogP contribution in [0.4, 0.5) is 0 Å². The molecule has 1 heterocycles. The standard InChI is InChI=1S/C13H18NO3.Y/c1-4-12(15)10(3)14-8-6-7-11(9-14)13(16)17-5-2;/h6-10H,4-5H2,1-3H3;/q+1;. The van der Waals surface area contributed by atoms with E-state index in [0.717, 1.165) is 0 Å². The second kappa shape index (κ2) is 8.49. The largest absolute Gasteiger partial charge is 0.462 e. The van der Waals surface area contributed by atoms with Gasteiger partial charge in [-0.05, 0) is 13.0 Å². The van der Waals surface area contributed by atoms with Gasteiger partial charge in [-0.3, -0.25) is 4.79 Å². The Morgan fingerprint density at radius 3 is 2.61 bits per heavy atom. The Morgan fingerprint density at radius 1 is 1.39 bits per heavy atom. The van der Waals surface area contributed by atoms with Crippen molar-refractivity contribution in [1.29, 1.82) is 0 Å². The fourth-order valence-electron chi connectivity index (χ4n) is 1.53. The van der Waals surface area contributed by atoms with Crippen molar-refractivity contribution in [3.05, 3.63) is 30.1 Å². The molecule has 0 saturated heterocycles. The van der Waals surface area contributed by atoms with Gasteiger partial charge in [0.05, 0.1) is 6.61 Å². The van der Waals surface area contributed by atoms with E-state index < -0.39 is 0 Å². The Bertz CT molecular complexity index is 420. The van der Waals surface area contributed by atoms with Crippen molar-refractivity contribution in [3.63, 3.8) is 0 Å². The van der Waals surface area contributed by atoms with Gasteiger partial charge in [-0.25, -0.2) is 4.79 Å². The Labute approximate surface area is 133 Å². The molecule has 1 atom stereocenters. The van der Waals surface area contributed by atoms with Crippen LogP contribution in [0.5, 0.6) is 0 Å². The number of ether oxygens (including phenoxy) is 1. The van der Waals surface area contributed by atoms with Crippen molar-refractivity contribution in [2.24, 2.45) is 0 Å². The zero-order valence-corrected chi connectivity index (χ0v) is 13.9. The summed E-state index contributed by atoms with van der Waals surface area (Å²) in [6.45, 7) is 5.75. The number of ketones is 1. The Morgan fingerprint density at radius 2 is 2.06 bits per heavy atom. The van der Waals surface area contributed by atoms with Crippen LogP contribution in [-0.2, 0) is 42.2 Å². The topological polar surface area (TPSA) is 47.2 Å². The monoisotopic (exact) mass is 325 g/mol. The first kappa shape index (κ1) is 17.4. The molecule has 1 aromatic heterocycles. The predicted octanol–water partition coefficient (Wildman–Crippen LogP) is 1.69. The third-order valence-electron chi connectivity index (χ3n) is 2.59. The third kappa shape index (κ3) is 4.58. The Kier molecular flexibility index (Phi) is 8.20. The molecule has 0 aromatic carbocycles. The summed E-state index contributed by atoms with van der Waals surface area (Å²) in [4.78, 5) is 23.1. The molecule has 18 heavy (non-hydrogen) atoms. The van der Waals surface area contributed by atoms with Gasteiger partial charge in [-0.2, -0.15) is 4.57 Å². The van der Waals surface area contributed by atoms with Crippen LogP contribution in [0.2, 0.25) is 0 Å². The summed E-state index contributed by atoms with van der Waals surface area (Å²) in [7, 11) is 0. The van der Waals surface area contributed by atoms with E-state index in [9.17, 15) is 9.59 Å². The van der Waals surface area contributed by atoms with Crippen LogP contribution in [0.1, 0.15) is 43.6 Å². The van der Waals surface area contributed by atoms with E-state index in [4.69, 9.17) is 4.74 Å². The number of Topliss-reactive ketones (excluding diaryl/α,β-unsaturated/α-hetero) is 1. The van der Waals surface area contributed by atoms with Crippen LogP contribution >= 0.6 is 0 Å². The predicted molar refractivity (Wildman–Crippen MR) is 62.6 cm³/mol. The SMILES string of the molecule is CCOC(=O)c1ccc[n+](C(C)C(=O)CC)c1.[Y]. The van der Waals surface area contributed by atoms with Gasteiger partial charge in [0.25, 0.3) is 0 Å². The molecule has 0 aliphatic heterocycles. The summed E-state index contributed by atoms with van der Waals surface area (Å²) in [5, 5.41) is 0. The zero-order valence-electron chi connectivity index (χ0n) is 11.1. The number of carbonyl (C=O) groups is 2. The second-order valence-corrected chi connectivity index (χ2v) is 3.76. The minimum absolute atomic E-state index is 0. The van der Waals surface area contributed by atoms with Crippen LogP contribution in [0.3, 0.4) is 0 Å². The van der Waals surface area contributed by atoms with Gasteiger partial charge in [0.2, 0.25) is 6.04 Å². The van der Waals surface area contributed by atoms with E-state index in [1.165, 1.54) is 0 Å². The number of nitrogens with zero attached hydrogens (tertiary/aromatic N) is 1. The maximum atomic E-state index is 11.6. The maximum absolute atomic E-state index is 11.6. The van der Waals surface area contributed by atoms with Crippen molar-refractivity contribution in [2.45, 2.75) is 33.2 Å². The molecule has 0 fully saturated rings. The number of hydrogen-bond donors (Lipinski definition) is 0. The number of carbonyl (C=O) groups excluding carboxylic acids is 2. The van der Waals surface area contributed by atoms with Gasteiger partial charge in [-0.15, -0.1) is 0 Å². The van der Waals surface area contributed by atoms with Gasteiger partial charge >= 0.3 is 5.97 Å². The van der Waals surface area contributed by atoms with Crippen LogP contribution in [0, 0.1) is 0 Å². The van der Waals surface area contributed by atoms with Crippen molar-refractivity contribution in [2.75, 3.05) is 6.61 Å². The van der Waals surface area contributed by atoms with Gasteiger partial charge in [0, 0.05) is 52.1 Å². The molecular weight excluding hydrogens is 307 g/mol. The number of hydrogen-bond acceptors (Lipinski definition) is 3. The summed E-state index contributed by atoms with van der Waals surface area (Å²) in [6, 6.07) is 3.16. The van der Waals surface area contributed by atoms with E-state index in [1.807, 2.05) is 13.8 Å². The third-order valence-corrected chi connectivity index (χ3v) is 2.59. The molecule has 1 radical (unpaired) electrons. The van der Waals surface area contributed by atoms with Crippen LogP contribution < -0.4 is 4.57 Å². The van der Waals surface area contributed by atoms with Gasteiger partial charge < -0.3 is 4.74 Å². The van der Waals surface area contributed by atoms with Gasteiger partial charge in [0.1, 0.15) is 5.56 Å². The van der Waals surface area contributed by atoms with E-state index >= 15 is 0 Å².